The molecule has 0 saturated carbocycles. The van der Waals surface area contributed by atoms with Gasteiger partial charge in [-0.2, -0.15) is 0 Å². The monoisotopic (exact) mass is 353 g/mol. The van der Waals surface area contributed by atoms with Crippen LogP contribution in [0.15, 0.2) is 42.7 Å². The molecule has 0 bridgehead atoms. The molecule has 4 rings (SSSR count). The number of amides is 1. The molecular weight excluding hydrogens is 330 g/mol. The smallest absolute Gasteiger partial charge is 0.272 e. The molecule has 1 aromatic carbocycles. The molecule has 2 aromatic rings. The van der Waals surface area contributed by atoms with E-state index in [1.807, 2.05) is 23.1 Å². The van der Waals surface area contributed by atoms with Crippen LogP contribution in [0.1, 0.15) is 10.5 Å². The predicted molar refractivity (Wildman–Crippen MR) is 99.6 cm³/mol. The number of carbonyl (C=O) groups is 1. The minimum Gasteiger partial charge on any atom is -0.378 e. The van der Waals surface area contributed by atoms with Crippen molar-refractivity contribution in [1.82, 2.24) is 14.9 Å². The van der Waals surface area contributed by atoms with Crippen molar-refractivity contribution in [3.8, 4) is 0 Å². The number of hydrogen-bond donors (Lipinski definition) is 0. The Bertz CT molecular complexity index is 741. The zero-order chi connectivity index (χ0) is 17.8. The minimum atomic E-state index is -0.0189. The van der Waals surface area contributed by atoms with E-state index in [0.29, 0.717) is 32.0 Å². The second-order valence-electron chi connectivity index (χ2n) is 6.48. The van der Waals surface area contributed by atoms with Gasteiger partial charge in [-0.25, -0.2) is 9.97 Å². The van der Waals surface area contributed by atoms with Crippen LogP contribution in [0.2, 0.25) is 0 Å². The van der Waals surface area contributed by atoms with Gasteiger partial charge in [0, 0.05) is 51.0 Å². The third-order valence-corrected chi connectivity index (χ3v) is 4.90. The van der Waals surface area contributed by atoms with Crippen LogP contribution in [-0.2, 0) is 4.74 Å². The summed E-state index contributed by atoms with van der Waals surface area (Å²) in [5, 5.41) is 0. The summed E-state index contributed by atoms with van der Waals surface area (Å²) >= 11 is 0. The third-order valence-electron chi connectivity index (χ3n) is 4.90. The topological polar surface area (TPSA) is 61.8 Å². The quantitative estimate of drug-likeness (QED) is 0.828. The van der Waals surface area contributed by atoms with E-state index >= 15 is 0 Å². The van der Waals surface area contributed by atoms with Gasteiger partial charge in [0.2, 0.25) is 0 Å². The van der Waals surface area contributed by atoms with Gasteiger partial charge in [0.05, 0.1) is 13.2 Å². The van der Waals surface area contributed by atoms with Crippen molar-refractivity contribution >= 4 is 17.4 Å². The van der Waals surface area contributed by atoms with Gasteiger partial charge >= 0.3 is 0 Å². The Kier molecular flexibility index (Phi) is 4.97. The van der Waals surface area contributed by atoms with E-state index in [4.69, 9.17) is 4.74 Å². The van der Waals surface area contributed by atoms with Crippen LogP contribution in [-0.4, -0.2) is 73.3 Å². The molecule has 1 amide bonds. The number of morpholine rings is 1. The first-order chi connectivity index (χ1) is 12.8. The molecule has 0 unspecified atom stereocenters. The lowest BCUT2D eigenvalue weighted by Gasteiger charge is -2.36. The number of ether oxygens (including phenoxy) is 1. The highest BCUT2D eigenvalue weighted by Crippen LogP contribution is 2.18. The summed E-state index contributed by atoms with van der Waals surface area (Å²) in [6, 6.07) is 12.1. The van der Waals surface area contributed by atoms with Gasteiger partial charge in [0.15, 0.2) is 0 Å². The van der Waals surface area contributed by atoms with Crippen molar-refractivity contribution < 1.29 is 9.53 Å². The van der Waals surface area contributed by atoms with Crippen LogP contribution >= 0.6 is 0 Å². The molecule has 0 N–H and O–H groups in total. The lowest BCUT2D eigenvalue weighted by atomic mass is 10.2. The Labute approximate surface area is 153 Å². The highest BCUT2D eigenvalue weighted by Gasteiger charge is 2.24. The molecule has 0 aliphatic carbocycles. The van der Waals surface area contributed by atoms with E-state index in [1.165, 1.54) is 12.0 Å². The van der Waals surface area contributed by atoms with Crippen molar-refractivity contribution in [2.45, 2.75) is 0 Å². The Morgan fingerprint density at radius 3 is 2.35 bits per heavy atom. The van der Waals surface area contributed by atoms with E-state index < -0.39 is 0 Å². The van der Waals surface area contributed by atoms with Gasteiger partial charge in [0.25, 0.3) is 5.91 Å². The molecule has 7 nitrogen and oxygen atoms in total. The van der Waals surface area contributed by atoms with E-state index in [9.17, 15) is 4.79 Å². The van der Waals surface area contributed by atoms with Crippen LogP contribution in [0.4, 0.5) is 11.5 Å². The number of aromatic nitrogens is 2. The fraction of sp³-hybridized carbons (Fsp3) is 0.421. The van der Waals surface area contributed by atoms with Crippen molar-refractivity contribution in [1.29, 1.82) is 0 Å². The first kappa shape index (κ1) is 16.8. The standard InChI is InChI=1S/C19H23N5O2/c25-19(17-14-18(21-15-20-17)23-10-12-26-13-11-23)24-8-6-22(7-9-24)16-4-2-1-3-5-16/h1-5,14-15H,6-13H2. The summed E-state index contributed by atoms with van der Waals surface area (Å²) < 4.78 is 5.38. The maximum Gasteiger partial charge on any atom is 0.272 e. The summed E-state index contributed by atoms with van der Waals surface area (Å²) in [5.74, 6) is 0.782. The highest BCUT2D eigenvalue weighted by atomic mass is 16.5. The van der Waals surface area contributed by atoms with Crippen LogP contribution in [0.3, 0.4) is 0 Å². The summed E-state index contributed by atoms with van der Waals surface area (Å²) in [7, 11) is 0. The van der Waals surface area contributed by atoms with Crippen molar-refractivity contribution in [3.05, 3.63) is 48.4 Å². The summed E-state index contributed by atoms with van der Waals surface area (Å²) in [5.41, 5.74) is 1.67. The molecule has 0 radical (unpaired) electrons. The minimum absolute atomic E-state index is 0.0189. The Hall–Kier alpha value is -2.67. The molecule has 2 fully saturated rings. The largest absolute Gasteiger partial charge is 0.378 e. The lowest BCUT2D eigenvalue weighted by Crippen LogP contribution is -2.49. The van der Waals surface area contributed by atoms with Crippen LogP contribution in [0.25, 0.3) is 0 Å². The number of para-hydroxylation sites is 1. The zero-order valence-corrected chi connectivity index (χ0v) is 14.8. The van der Waals surface area contributed by atoms with Crippen LogP contribution in [0, 0.1) is 0 Å². The fourth-order valence-corrected chi connectivity index (χ4v) is 3.40. The average Bonchev–Trinajstić information content (AvgIpc) is 2.75. The number of piperazine rings is 1. The molecule has 2 saturated heterocycles. The number of rotatable bonds is 3. The molecular formula is C19H23N5O2. The van der Waals surface area contributed by atoms with Crippen LogP contribution < -0.4 is 9.80 Å². The maximum atomic E-state index is 12.9. The SMILES string of the molecule is O=C(c1cc(N2CCOCC2)ncn1)N1CCN(c2ccccc2)CC1. The van der Waals surface area contributed by atoms with Crippen LogP contribution in [0.5, 0.6) is 0 Å². The zero-order valence-electron chi connectivity index (χ0n) is 14.8. The number of benzene rings is 1. The van der Waals surface area contributed by atoms with Gasteiger partial charge in [0.1, 0.15) is 17.8 Å². The summed E-state index contributed by atoms with van der Waals surface area (Å²) in [6.07, 6.45) is 1.48. The number of anilines is 2. The first-order valence-corrected chi connectivity index (χ1v) is 9.05. The van der Waals surface area contributed by atoms with Gasteiger partial charge in [-0.3, -0.25) is 4.79 Å². The third kappa shape index (κ3) is 3.62. The molecule has 2 aliphatic rings. The summed E-state index contributed by atoms with van der Waals surface area (Å²) in [4.78, 5) is 27.7. The Balaban J connectivity index is 1.40. The van der Waals surface area contributed by atoms with E-state index in [-0.39, 0.29) is 5.91 Å². The molecule has 0 spiro atoms. The molecule has 1 aromatic heterocycles. The van der Waals surface area contributed by atoms with E-state index in [0.717, 1.165) is 32.0 Å². The molecule has 0 atom stereocenters. The van der Waals surface area contributed by atoms with E-state index in [2.05, 4.69) is 31.9 Å². The first-order valence-electron chi connectivity index (χ1n) is 9.05. The van der Waals surface area contributed by atoms with Crippen molar-refractivity contribution in [2.75, 3.05) is 62.3 Å². The lowest BCUT2D eigenvalue weighted by molar-refractivity contribution is 0.0740. The molecule has 26 heavy (non-hydrogen) atoms. The normalized spacial score (nSPS) is 18.1. The maximum absolute atomic E-state index is 12.9. The number of nitrogens with zero attached hydrogens (tertiary/aromatic N) is 5. The molecule has 136 valence electrons. The van der Waals surface area contributed by atoms with Gasteiger partial charge < -0.3 is 19.4 Å². The molecule has 7 heteroatoms. The number of carbonyl (C=O) groups excluding carboxylic acids is 1. The van der Waals surface area contributed by atoms with Gasteiger partial charge in [-0.05, 0) is 12.1 Å². The van der Waals surface area contributed by atoms with Gasteiger partial charge in [-0.15, -0.1) is 0 Å². The molecule has 2 aliphatic heterocycles. The molecule has 3 heterocycles. The fourth-order valence-electron chi connectivity index (χ4n) is 3.40. The highest BCUT2D eigenvalue weighted by molar-refractivity contribution is 5.93. The average molecular weight is 353 g/mol. The summed E-state index contributed by atoms with van der Waals surface area (Å²) in [6.45, 7) is 6.02. The Morgan fingerprint density at radius 2 is 1.62 bits per heavy atom. The number of hydrogen-bond acceptors (Lipinski definition) is 6. The van der Waals surface area contributed by atoms with Crippen molar-refractivity contribution in [2.24, 2.45) is 0 Å². The second-order valence-corrected chi connectivity index (χ2v) is 6.48. The van der Waals surface area contributed by atoms with Crippen molar-refractivity contribution in [3.63, 3.8) is 0 Å². The van der Waals surface area contributed by atoms with E-state index in [1.54, 1.807) is 6.07 Å². The Morgan fingerprint density at radius 1 is 0.885 bits per heavy atom. The second kappa shape index (κ2) is 7.70. The predicted octanol–water partition coefficient (Wildman–Crippen LogP) is 1.28. The van der Waals surface area contributed by atoms with Gasteiger partial charge in [-0.1, -0.05) is 18.2 Å².